The van der Waals surface area contributed by atoms with Crippen LogP contribution in [-0.2, 0) is 16.3 Å². The number of hydrogen-bond donors (Lipinski definition) is 1. The molecule has 1 saturated heterocycles. The topological polar surface area (TPSA) is 113 Å². The van der Waals surface area contributed by atoms with E-state index in [9.17, 15) is 15.2 Å². The van der Waals surface area contributed by atoms with Crippen molar-refractivity contribution in [2.24, 2.45) is 0 Å². The van der Waals surface area contributed by atoms with Crippen LogP contribution in [0.2, 0.25) is 0 Å². The number of aryl methyl sites for hydroxylation is 2. The predicted octanol–water partition coefficient (Wildman–Crippen LogP) is 4.31. The lowest BCUT2D eigenvalue weighted by atomic mass is 9.91. The van der Waals surface area contributed by atoms with E-state index in [2.05, 4.69) is 6.07 Å². The molecular weight excluding hydrogens is 514 g/mol. The minimum absolute atomic E-state index is 0.0395. The molecule has 1 unspecified atom stereocenters. The number of amides is 1. The van der Waals surface area contributed by atoms with Crippen molar-refractivity contribution in [2.75, 3.05) is 26.3 Å². The number of benzene rings is 3. The Balaban J connectivity index is 0.00000112. The summed E-state index contributed by atoms with van der Waals surface area (Å²) in [5, 5.41) is 22.5. The molecule has 8 nitrogen and oxygen atoms in total. The minimum Gasteiger partial charge on any atom is -0.382 e. The molecule has 1 N–H and O–H groups in total. The summed E-state index contributed by atoms with van der Waals surface area (Å²) in [6.45, 7) is 8.05. The molecule has 1 aromatic heterocycles. The van der Waals surface area contributed by atoms with Crippen molar-refractivity contribution < 1.29 is 23.1 Å². The molecule has 2 heterocycles. The zero-order valence-corrected chi connectivity index (χ0v) is 22.8. The molecule has 1 amide bonds. The molecule has 1 atom stereocenters. The Bertz CT molecular complexity index is 1590. The Morgan fingerprint density at radius 1 is 1.00 bits per heavy atom. The molecule has 5 rings (SSSR count). The van der Waals surface area contributed by atoms with Gasteiger partial charge in [-0.15, -0.1) is 0 Å². The van der Waals surface area contributed by atoms with Crippen LogP contribution in [0, 0.1) is 32.1 Å². The Morgan fingerprint density at radius 3 is 2.31 bits per heavy atom. The van der Waals surface area contributed by atoms with Crippen LogP contribution < -0.4 is 0 Å². The number of hydrogen-bond acceptors (Lipinski definition) is 6. The highest BCUT2D eigenvalue weighted by atomic mass is 32.1. The monoisotopic (exact) mass is 543 g/mol. The molecule has 39 heavy (non-hydrogen) atoms. The van der Waals surface area contributed by atoms with E-state index in [4.69, 9.17) is 13.2 Å². The minimum atomic E-state index is -0.972. The van der Waals surface area contributed by atoms with Gasteiger partial charge in [0.05, 0.1) is 36.1 Å². The van der Waals surface area contributed by atoms with E-state index in [1.807, 2.05) is 90.9 Å². The second-order valence-corrected chi connectivity index (χ2v) is 9.56. The molecular formula is C30H29N3O5S. The average molecular weight is 544 g/mol. The van der Waals surface area contributed by atoms with Crippen molar-refractivity contribution in [3.05, 3.63) is 99.7 Å². The first kappa shape index (κ1) is 27.9. The van der Waals surface area contributed by atoms with Crippen molar-refractivity contribution in [2.45, 2.75) is 26.9 Å². The zero-order valence-electron chi connectivity index (χ0n) is 22.0. The van der Waals surface area contributed by atoms with Gasteiger partial charge in [0, 0.05) is 29.7 Å². The van der Waals surface area contributed by atoms with E-state index in [-0.39, 0.29) is 5.91 Å². The summed E-state index contributed by atoms with van der Waals surface area (Å²) >= 11 is -0.750. The Hall–Kier alpha value is -4.10. The standard InChI is InChI=1S/C30H29N3O3.O2S/c1-19-9-10-24(30(35)32-11-13-36-14-12-32)21(3)28(19)29(34)27-17-25-20(2)15-22(18-31)16-26(25)33(27)23-7-5-4-6-8-23;1-3-2/h4-10,15-17,29,34H,11-14H2,1-3H3;. The van der Waals surface area contributed by atoms with Crippen LogP contribution in [0.25, 0.3) is 16.6 Å². The number of rotatable bonds is 4. The molecule has 4 aromatic rings. The lowest BCUT2D eigenvalue weighted by Gasteiger charge is -2.28. The van der Waals surface area contributed by atoms with Crippen LogP contribution in [0.3, 0.4) is 0 Å². The molecule has 9 heteroatoms. The third-order valence-corrected chi connectivity index (χ3v) is 7.11. The molecule has 1 aliphatic heterocycles. The summed E-state index contributed by atoms with van der Waals surface area (Å²) in [5.41, 5.74) is 7.01. The van der Waals surface area contributed by atoms with Gasteiger partial charge in [-0.2, -0.15) is 13.7 Å². The largest absolute Gasteiger partial charge is 0.382 e. The molecule has 1 fully saturated rings. The van der Waals surface area contributed by atoms with Crippen molar-refractivity contribution in [3.8, 4) is 11.8 Å². The highest BCUT2D eigenvalue weighted by Gasteiger charge is 2.27. The molecule has 200 valence electrons. The number of nitriles is 1. The van der Waals surface area contributed by atoms with Crippen LogP contribution in [-0.4, -0.2) is 55.2 Å². The SMILES string of the molecule is Cc1ccc(C(=O)N2CCOCC2)c(C)c1C(O)c1cc2c(C)cc(C#N)cc2n1-c1ccccc1.O=S=O. The van der Waals surface area contributed by atoms with Crippen LogP contribution >= 0.6 is 0 Å². The second-order valence-electron chi connectivity index (χ2n) is 9.42. The Morgan fingerprint density at radius 2 is 1.67 bits per heavy atom. The summed E-state index contributed by atoms with van der Waals surface area (Å²) < 4.78 is 24.0. The maximum Gasteiger partial charge on any atom is 0.335 e. The van der Waals surface area contributed by atoms with Gasteiger partial charge in [0.15, 0.2) is 0 Å². The summed E-state index contributed by atoms with van der Waals surface area (Å²) in [4.78, 5) is 15.2. The Labute approximate surface area is 230 Å². The van der Waals surface area contributed by atoms with Gasteiger partial charge < -0.3 is 19.3 Å². The van der Waals surface area contributed by atoms with Crippen LogP contribution in [0.15, 0.2) is 60.7 Å². The summed E-state index contributed by atoms with van der Waals surface area (Å²) in [6, 6.07) is 21.6. The summed E-state index contributed by atoms with van der Waals surface area (Å²) in [5.74, 6) is -0.0395. The number of para-hydroxylation sites is 1. The fraction of sp³-hybridized carbons (Fsp3) is 0.267. The van der Waals surface area contributed by atoms with E-state index in [0.29, 0.717) is 43.1 Å². The fourth-order valence-corrected chi connectivity index (χ4v) is 5.24. The van der Waals surface area contributed by atoms with Crippen molar-refractivity contribution >= 4 is 28.4 Å². The first-order valence-electron chi connectivity index (χ1n) is 12.5. The molecule has 0 bridgehead atoms. The van der Waals surface area contributed by atoms with E-state index >= 15 is 0 Å². The summed E-state index contributed by atoms with van der Waals surface area (Å²) in [6.07, 6.45) is -0.972. The predicted molar refractivity (Wildman–Crippen MR) is 148 cm³/mol. The lowest BCUT2D eigenvalue weighted by molar-refractivity contribution is 0.0302. The van der Waals surface area contributed by atoms with Gasteiger partial charge in [0.25, 0.3) is 5.91 Å². The van der Waals surface area contributed by atoms with Crippen molar-refractivity contribution in [3.63, 3.8) is 0 Å². The van der Waals surface area contributed by atoms with Crippen LogP contribution in [0.5, 0.6) is 0 Å². The van der Waals surface area contributed by atoms with Gasteiger partial charge in [0.2, 0.25) is 0 Å². The van der Waals surface area contributed by atoms with E-state index in [1.165, 1.54) is 0 Å². The van der Waals surface area contributed by atoms with Crippen molar-refractivity contribution in [1.82, 2.24) is 9.47 Å². The smallest absolute Gasteiger partial charge is 0.335 e. The van der Waals surface area contributed by atoms with Gasteiger partial charge in [-0.1, -0.05) is 24.3 Å². The quantitative estimate of drug-likeness (QED) is 0.411. The fourth-order valence-electron chi connectivity index (χ4n) is 5.24. The number of carbonyl (C=O) groups excluding carboxylic acids is 1. The van der Waals surface area contributed by atoms with Crippen molar-refractivity contribution in [1.29, 1.82) is 5.26 Å². The number of aliphatic hydroxyl groups is 1. The van der Waals surface area contributed by atoms with E-state index < -0.39 is 17.7 Å². The molecule has 0 radical (unpaired) electrons. The number of nitrogens with zero attached hydrogens (tertiary/aromatic N) is 3. The Kier molecular flexibility index (Phi) is 8.72. The molecule has 0 spiro atoms. The average Bonchev–Trinajstić information content (AvgIpc) is 3.34. The second kappa shape index (κ2) is 12.2. The summed E-state index contributed by atoms with van der Waals surface area (Å²) in [7, 11) is 0. The van der Waals surface area contributed by atoms with Gasteiger partial charge in [-0.3, -0.25) is 4.79 Å². The number of carbonyl (C=O) groups is 1. The highest BCUT2D eigenvalue weighted by Crippen LogP contribution is 2.36. The number of ether oxygens (including phenoxy) is 1. The third kappa shape index (κ3) is 5.54. The number of aromatic nitrogens is 1. The zero-order chi connectivity index (χ0) is 28.1. The normalized spacial score (nSPS) is 13.8. The van der Waals surface area contributed by atoms with Gasteiger partial charge in [-0.25, -0.2) is 0 Å². The number of fused-ring (bicyclic) bond motifs is 1. The van der Waals surface area contributed by atoms with Gasteiger partial charge in [-0.05, 0) is 79.4 Å². The third-order valence-electron chi connectivity index (χ3n) is 7.11. The maximum atomic E-state index is 13.3. The lowest BCUT2D eigenvalue weighted by Crippen LogP contribution is -2.41. The van der Waals surface area contributed by atoms with Gasteiger partial charge in [0.1, 0.15) is 6.10 Å². The van der Waals surface area contributed by atoms with Gasteiger partial charge >= 0.3 is 11.6 Å². The van der Waals surface area contributed by atoms with Crippen LogP contribution in [0.1, 0.15) is 50.0 Å². The number of aliphatic hydroxyl groups excluding tert-OH is 1. The number of morpholine rings is 1. The van der Waals surface area contributed by atoms with E-state index in [1.54, 1.807) is 0 Å². The first-order chi connectivity index (χ1) is 18.8. The van der Waals surface area contributed by atoms with E-state index in [0.717, 1.165) is 38.8 Å². The molecule has 0 aliphatic carbocycles. The highest BCUT2D eigenvalue weighted by molar-refractivity contribution is 7.51. The van der Waals surface area contributed by atoms with Crippen LogP contribution in [0.4, 0.5) is 0 Å². The molecule has 1 aliphatic rings. The molecule has 3 aromatic carbocycles. The first-order valence-corrected chi connectivity index (χ1v) is 13.2. The molecule has 0 saturated carbocycles. The maximum absolute atomic E-state index is 13.3.